The van der Waals surface area contributed by atoms with Crippen molar-refractivity contribution in [3.05, 3.63) is 95.5 Å². The van der Waals surface area contributed by atoms with Crippen LogP contribution in [-0.2, 0) is 4.79 Å². The average Bonchev–Trinajstić information content (AvgIpc) is 3.46. The predicted octanol–water partition coefficient (Wildman–Crippen LogP) is 8.56. The average molecular weight is 455 g/mol. The van der Waals surface area contributed by atoms with Gasteiger partial charge in [0.25, 0.3) is 0 Å². The number of Topliss-reactive ketones (excluding diaryl/α,β-unsaturated/α-hetero) is 1. The Hall–Kier alpha value is -3.73. The maximum absolute atomic E-state index is 13.4. The van der Waals surface area contributed by atoms with Gasteiger partial charge in [-0.1, -0.05) is 59.7 Å². The van der Waals surface area contributed by atoms with Crippen molar-refractivity contribution in [3.63, 3.8) is 0 Å². The number of allylic oxidation sites excluding steroid dienone is 5. The van der Waals surface area contributed by atoms with Crippen molar-refractivity contribution >= 4 is 17.2 Å². The first kappa shape index (κ1) is 23.4. The summed E-state index contributed by atoms with van der Waals surface area (Å²) in [6.45, 7) is 12.3. The molecule has 5 nitrogen and oxygen atoms in total. The normalized spacial score (nSPS) is 15.0. The zero-order chi connectivity index (χ0) is 24.5. The first-order valence-corrected chi connectivity index (χ1v) is 11.4. The van der Waals surface area contributed by atoms with E-state index in [1.54, 1.807) is 6.26 Å². The topological polar surface area (TPSA) is 68.1 Å². The van der Waals surface area contributed by atoms with Gasteiger partial charge in [0.1, 0.15) is 5.70 Å². The number of carbonyl (C=O) groups is 1. The molecule has 2 heterocycles. The van der Waals surface area contributed by atoms with E-state index < -0.39 is 0 Å². The van der Waals surface area contributed by atoms with Crippen molar-refractivity contribution in [2.75, 3.05) is 0 Å². The van der Waals surface area contributed by atoms with Crippen LogP contribution in [0.25, 0.3) is 17.2 Å². The van der Waals surface area contributed by atoms with Gasteiger partial charge in [-0.05, 0) is 59.4 Å². The predicted molar refractivity (Wildman–Crippen MR) is 134 cm³/mol. The standard InChI is InChI=1S/C29H30N2O3/c1-28(2,3)21-17-19(18-22(27(21)32)29(4,5)6)26(31-30-20-11-8-7-9-12-20)25-15-14-24(34-25)23-13-10-16-33-23/h7-18H,1-6H3. The van der Waals surface area contributed by atoms with E-state index in [9.17, 15) is 4.79 Å². The van der Waals surface area contributed by atoms with Gasteiger partial charge in [-0.25, -0.2) is 0 Å². The highest BCUT2D eigenvalue weighted by atomic mass is 16.4. The molecule has 0 bridgehead atoms. The van der Waals surface area contributed by atoms with Gasteiger partial charge in [0.2, 0.25) is 0 Å². The molecule has 0 atom stereocenters. The van der Waals surface area contributed by atoms with Gasteiger partial charge in [-0.3, -0.25) is 4.79 Å². The maximum Gasteiger partial charge on any atom is 0.186 e. The van der Waals surface area contributed by atoms with Crippen LogP contribution < -0.4 is 0 Å². The Bertz CT molecular complexity index is 1270. The van der Waals surface area contributed by atoms with E-state index in [1.807, 2.05) is 108 Å². The highest BCUT2D eigenvalue weighted by Gasteiger charge is 2.35. The second-order valence-corrected chi connectivity index (χ2v) is 10.4. The lowest BCUT2D eigenvalue weighted by molar-refractivity contribution is -0.114. The Morgan fingerprint density at radius 3 is 1.97 bits per heavy atom. The van der Waals surface area contributed by atoms with Crippen LogP contribution in [0.2, 0.25) is 0 Å². The van der Waals surface area contributed by atoms with Crippen LogP contribution in [0.5, 0.6) is 0 Å². The number of azo groups is 1. The van der Waals surface area contributed by atoms with Crippen LogP contribution in [0.1, 0.15) is 47.3 Å². The van der Waals surface area contributed by atoms with E-state index >= 15 is 0 Å². The number of benzene rings is 1. The molecule has 0 fully saturated rings. The quantitative estimate of drug-likeness (QED) is 0.371. The molecule has 1 aromatic carbocycles. The van der Waals surface area contributed by atoms with E-state index in [0.717, 1.165) is 22.4 Å². The van der Waals surface area contributed by atoms with Crippen LogP contribution >= 0.6 is 0 Å². The SMILES string of the molecule is CC(C)(C)C1=CC(=C(N=Nc2ccccc2)c2ccc(-c3ccco3)o2)C=C(C(C)(C)C)C1=O. The molecule has 1 aliphatic rings. The van der Waals surface area contributed by atoms with Crippen LogP contribution in [0, 0.1) is 10.8 Å². The summed E-state index contributed by atoms with van der Waals surface area (Å²) in [6.07, 6.45) is 5.45. The van der Waals surface area contributed by atoms with Crippen molar-refractivity contribution < 1.29 is 13.6 Å². The molecular formula is C29H30N2O3. The van der Waals surface area contributed by atoms with Crippen molar-refractivity contribution in [3.8, 4) is 11.5 Å². The van der Waals surface area contributed by atoms with Crippen molar-refractivity contribution in [2.45, 2.75) is 41.5 Å². The monoisotopic (exact) mass is 454 g/mol. The summed E-state index contributed by atoms with van der Waals surface area (Å²) in [4.78, 5) is 13.4. The summed E-state index contributed by atoms with van der Waals surface area (Å²) in [6, 6.07) is 16.9. The number of hydrogen-bond acceptors (Lipinski definition) is 5. The largest absolute Gasteiger partial charge is 0.461 e. The van der Waals surface area contributed by atoms with Gasteiger partial charge in [0.15, 0.2) is 23.1 Å². The molecule has 34 heavy (non-hydrogen) atoms. The molecule has 4 rings (SSSR count). The molecule has 0 N–H and O–H groups in total. The lowest BCUT2D eigenvalue weighted by Gasteiger charge is -2.31. The fourth-order valence-electron chi connectivity index (χ4n) is 3.75. The van der Waals surface area contributed by atoms with Crippen LogP contribution in [-0.4, -0.2) is 5.78 Å². The van der Waals surface area contributed by atoms with Crippen LogP contribution in [0.15, 0.2) is 109 Å². The maximum atomic E-state index is 13.4. The summed E-state index contributed by atoms with van der Waals surface area (Å²) in [5.74, 6) is 1.84. The fraction of sp³-hybridized carbons (Fsp3) is 0.276. The third kappa shape index (κ3) is 4.93. The van der Waals surface area contributed by atoms with Gasteiger partial charge in [0.05, 0.1) is 12.0 Å². The summed E-state index contributed by atoms with van der Waals surface area (Å²) in [5, 5.41) is 9.08. The molecule has 2 aromatic heterocycles. The molecule has 3 aromatic rings. The lowest BCUT2D eigenvalue weighted by atomic mass is 9.71. The molecule has 0 saturated heterocycles. The first-order chi connectivity index (χ1) is 16.0. The minimum Gasteiger partial charge on any atom is -0.461 e. The number of nitrogens with zero attached hydrogens (tertiary/aromatic N) is 2. The first-order valence-electron chi connectivity index (χ1n) is 11.4. The fourth-order valence-corrected chi connectivity index (χ4v) is 3.75. The van der Waals surface area contributed by atoms with E-state index in [1.165, 1.54) is 0 Å². The van der Waals surface area contributed by atoms with Crippen LogP contribution in [0.3, 0.4) is 0 Å². The number of furan rings is 2. The summed E-state index contributed by atoms with van der Waals surface area (Å²) >= 11 is 0. The summed E-state index contributed by atoms with van der Waals surface area (Å²) < 4.78 is 11.6. The molecule has 0 radical (unpaired) electrons. The lowest BCUT2D eigenvalue weighted by Crippen LogP contribution is -2.28. The smallest absolute Gasteiger partial charge is 0.186 e. The second-order valence-electron chi connectivity index (χ2n) is 10.4. The van der Waals surface area contributed by atoms with Gasteiger partial charge < -0.3 is 8.83 Å². The van der Waals surface area contributed by atoms with Gasteiger partial charge >= 0.3 is 0 Å². The van der Waals surface area contributed by atoms with Crippen molar-refractivity contribution in [1.29, 1.82) is 0 Å². The van der Waals surface area contributed by atoms with Crippen LogP contribution in [0.4, 0.5) is 5.69 Å². The zero-order valence-corrected chi connectivity index (χ0v) is 20.5. The molecule has 0 saturated carbocycles. The Labute approximate surface area is 200 Å². The number of ketones is 1. The molecule has 0 spiro atoms. The molecular weight excluding hydrogens is 424 g/mol. The number of rotatable bonds is 4. The highest BCUT2D eigenvalue weighted by Crippen LogP contribution is 2.41. The minimum absolute atomic E-state index is 0.0683. The Balaban J connectivity index is 1.94. The third-order valence-electron chi connectivity index (χ3n) is 5.60. The minimum atomic E-state index is -0.336. The van der Waals surface area contributed by atoms with E-state index in [2.05, 4.69) is 10.2 Å². The summed E-state index contributed by atoms with van der Waals surface area (Å²) in [7, 11) is 0. The Kier molecular flexibility index (Phi) is 6.13. The highest BCUT2D eigenvalue weighted by molar-refractivity contribution is 6.12. The van der Waals surface area contributed by atoms with E-state index in [4.69, 9.17) is 8.83 Å². The molecule has 5 heteroatoms. The van der Waals surface area contributed by atoms with Crippen molar-refractivity contribution in [1.82, 2.24) is 0 Å². The zero-order valence-electron chi connectivity index (χ0n) is 20.5. The van der Waals surface area contributed by atoms with Gasteiger partial charge in [0, 0.05) is 16.7 Å². The Morgan fingerprint density at radius 2 is 1.41 bits per heavy atom. The van der Waals surface area contributed by atoms with Crippen molar-refractivity contribution in [2.24, 2.45) is 21.1 Å². The molecule has 1 aliphatic carbocycles. The van der Waals surface area contributed by atoms with E-state index in [0.29, 0.717) is 23.0 Å². The molecule has 174 valence electrons. The second kappa shape index (κ2) is 8.90. The molecule has 0 aliphatic heterocycles. The van der Waals surface area contributed by atoms with Gasteiger partial charge in [-0.2, -0.15) is 5.11 Å². The molecule has 0 unspecified atom stereocenters. The van der Waals surface area contributed by atoms with Gasteiger partial charge in [-0.15, -0.1) is 5.11 Å². The number of hydrogen-bond donors (Lipinski definition) is 0. The molecule has 0 amide bonds. The Morgan fingerprint density at radius 1 is 0.765 bits per heavy atom. The summed E-state index contributed by atoms with van der Waals surface area (Å²) in [5.41, 5.74) is 2.87. The number of carbonyl (C=O) groups excluding carboxylic acids is 1. The third-order valence-corrected chi connectivity index (χ3v) is 5.60. The van der Waals surface area contributed by atoms with E-state index in [-0.39, 0.29) is 16.6 Å².